The van der Waals surface area contributed by atoms with Crippen LogP contribution in [0.3, 0.4) is 0 Å². The Labute approximate surface area is 114 Å². The van der Waals surface area contributed by atoms with Gasteiger partial charge in [-0.05, 0) is 30.3 Å². The van der Waals surface area contributed by atoms with Crippen molar-refractivity contribution in [1.29, 1.82) is 0 Å². The largest absolute Gasteiger partial charge is 0.398 e. The molecule has 0 aliphatic rings. The number of nitrogen functional groups attached to an aromatic ring is 1. The second-order valence-electron chi connectivity index (χ2n) is 3.42. The molecule has 88 valence electrons. The van der Waals surface area contributed by atoms with Crippen molar-refractivity contribution in [2.24, 2.45) is 0 Å². The molecule has 0 saturated carbocycles. The summed E-state index contributed by atoms with van der Waals surface area (Å²) >= 11 is 13.4. The smallest absolute Gasteiger partial charge is 0.129 e. The number of nitrogens with two attached hydrogens (primary N) is 1. The Bertz CT molecular complexity index is 532. The summed E-state index contributed by atoms with van der Waals surface area (Å²) in [6.45, 7) is 0. The van der Waals surface area contributed by atoms with Crippen LogP contribution in [0.25, 0.3) is 0 Å². The van der Waals surface area contributed by atoms with Crippen molar-refractivity contribution in [3.8, 4) is 0 Å². The summed E-state index contributed by atoms with van der Waals surface area (Å²) in [5.41, 5.74) is 7.18. The number of rotatable bonds is 3. The molecular formula is C12H10Cl2N2S. The molecule has 2 rings (SSSR count). The molecule has 1 aromatic heterocycles. The molecule has 1 aromatic carbocycles. The number of pyridine rings is 1. The zero-order valence-electron chi connectivity index (χ0n) is 8.86. The van der Waals surface area contributed by atoms with E-state index in [1.54, 1.807) is 23.9 Å². The van der Waals surface area contributed by atoms with Crippen LogP contribution in [0.1, 0.15) is 5.69 Å². The number of halogens is 2. The van der Waals surface area contributed by atoms with Crippen LogP contribution in [0.4, 0.5) is 5.69 Å². The summed E-state index contributed by atoms with van der Waals surface area (Å²) in [5, 5.41) is 1.09. The van der Waals surface area contributed by atoms with Gasteiger partial charge in [0.25, 0.3) is 0 Å². The summed E-state index contributed by atoms with van der Waals surface area (Å²) in [6.07, 6.45) is 0. The minimum Gasteiger partial charge on any atom is -0.398 e. The zero-order chi connectivity index (χ0) is 12.3. The Morgan fingerprint density at radius 3 is 2.71 bits per heavy atom. The van der Waals surface area contributed by atoms with Crippen LogP contribution in [0.5, 0.6) is 0 Å². The average molecular weight is 285 g/mol. The highest BCUT2D eigenvalue weighted by Crippen LogP contribution is 2.28. The molecule has 0 amide bonds. The van der Waals surface area contributed by atoms with E-state index >= 15 is 0 Å². The van der Waals surface area contributed by atoms with Gasteiger partial charge in [0.1, 0.15) is 5.15 Å². The SMILES string of the molecule is Nc1ccc(SCc2cccc(Cl)n2)cc1Cl. The van der Waals surface area contributed by atoms with Gasteiger partial charge in [0.15, 0.2) is 0 Å². The number of benzene rings is 1. The molecule has 0 unspecified atom stereocenters. The second-order valence-corrected chi connectivity index (χ2v) is 5.27. The van der Waals surface area contributed by atoms with E-state index in [2.05, 4.69) is 4.98 Å². The first-order chi connectivity index (χ1) is 8.15. The lowest BCUT2D eigenvalue weighted by Gasteiger charge is -2.04. The Kier molecular flexibility index (Phi) is 4.15. The van der Waals surface area contributed by atoms with E-state index in [0.29, 0.717) is 15.9 Å². The van der Waals surface area contributed by atoms with Crippen molar-refractivity contribution in [3.63, 3.8) is 0 Å². The third-order valence-corrected chi connectivity index (χ3v) is 3.70. The van der Waals surface area contributed by atoms with Crippen molar-refractivity contribution in [2.45, 2.75) is 10.6 Å². The standard InChI is InChI=1S/C12H10Cl2N2S/c13-10-6-9(4-5-11(10)15)17-7-8-2-1-3-12(14)16-8/h1-6H,7,15H2. The first-order valence-electron chi connectivity index (χ1n) is 4.94. The molecular weight excluding hydrogens is 275 g/mol. The lowest BCUT2D eigenvalue weighted by Crippen LogP contribution is -1.88. The summed E-state index contributed by atoms with van der Waals surface area (Å²) < 4.78 is 0. The fourth-order valence-corrected chi connectivity index (χ4v) is 2.55. The van der Waals surface area contributed by atoms with Crippen molar-refractivity contribution in [3.05, 3.63) is 52.3 Å². The van der Waals surface area contributed by atoms with Crippen LogP contribution in [-0.2, 0) is 5.75 Å². The second kappa shape index (κ2) is 5.63. The van der Waals surface area contributed by atoms with Crippen LogP contribution in [0.15, 0.2) is 41.3 Å². The monoisotopic (exact) mass is 284 g/mol. The lowest BCUT2D eigenvalue weighted by molar-refractivity contribution is 1.17. The molecule has 0 saturated heterocycles. The number of hydrogen-bond acceptors (Lipinski definition) is 3. The first kappa shape index (κ1) is 12.6. The average Bonchev–Trinajstić information content (AvgIpc) is 2.31. The quantitative estimate of drug-likeness (QED) is 0.520. The minimum absolute atomic E-state index is 0.512. The van der Waals surface area contributed by atoms with Crippen LogP contribution in [0.2, 0.25) is 10.2 Å². The van der Waals surface area contributed by atoms with E-state index in [1.165, 1.54) is 0 Å². The minimum atomic E-state index is 0.512. The van der Waals surface area contributed by atoms with Gasteiger partial charge in [-0.15, -0.1) is 11.8 Å². The highest BCUT2D eigenvalue weighted by Gasteiger charge is 2.01. The third kappa shape index (κ3) is 3.53. The van der Waals surface area contributed by atoms with E-state index in [-0.39, 0.29) is 0 Å². The van der Waals surface area contributed by atoms with Gasteiger partial charge in [-0.1, -0.05) is 29.3 Å². The normalized spacial score (nSPS) is 10.5. The van der Waals surface area contributed by atoms with E-state index in [9.17, 15) is 0 Å². The van der Waals surface area contributed by atoms with Gasteiger partial charge in [0.05, 0.1) is 16.4 Å². The summed E-state index contributed by atoms with van der Waals surface area (Å²) in [4.78, 5) is 5.28. The number of hydrogen-bond donors (Lipinski definition) is 1. The number of nitrogens with zero attached hydrogens (tertiary/aromatic N) is 1. The topological polar surface area (TPSA) is 38.9 Å². The molecule has 0 atom stereocenters. The first-order valence-corrected chi connectivity index (χ1v) is 6.68. The predicted molar refractivity (Wildman–Crippen MR) is 74.7 cm³/mol. The van der Waals surface area contributed by atoms with Crippen LogP contribution >= 0.6 is 35.0 Å². The van der Waals surface area contributed by atoms with Crippen molar-refractivity contribution >= 4 is 40.7 Å². The van der Waals surface area contributed by atoms with Gasteiger partial charge in [0.2, 0.25) is 0 Å². The molecule has 2 N–H and O–H groups in total. The Hall–Kier alpha value is -0.900. The molecule has 5 heteroatoms. The maximum Gasteiger partial charge on any atom is 0.129 e. The van der Waals surface area contributed by atoms with E-state index in [0.717, 1.165) is 16.3 Å². The zero-order valence-corrected chi connectivity index (χ0v) is 11.2. The van der Waals surface area contributed by atoms with Gasteiger partial charge in [-0.3, -0.25) is 0 Å². The van der Waals surface area contributed by atoms with Crippen LogP contribution in [0, 0.1) is 0 Å². The highest BCUT2D eigenvalue weighted by atomic mass is 35.5. The lowest BCUT2D eigenvalue weighted by atomic mass is 10.3. The fraction of sp³-hybridized carbons (Fsp3) is 0.0833. The van der Waals surface area contributed by atoms with E-state index < -0.39 is 0 Å². The molecule has 1 heterocycles. The van der Waals surface area contributed by atoms with Crippen LogP contribution in [-0.4, -0.2) is 4.98 Å². The molecule has 0 spiro atoms. The van der Waals surface area contributed by atoms with Gasteiger partial charge in [0, 0.05) is 10.6 Å². The van der Waals surface area contributed by atoms with Crippen LogP contribution < -0.4 is 5.73 Å². The maximum atomic E-state index is 5.95. The summed E-state index contributed by atoms with van der Waals surface area (Å²) in [7, 11) is 0. The van der Waals surface area contributed by atoms with E-state index in [4.69, 9.17) is 28.9 Å². The van der Waals surface area contributed by atoms with Crippen molar-refractivity contribution < 1.29 is 0 Å². The molecule has 2 aromatic rings. The molecule has 0 radical (unpaired) electrons. The summed E-state index contributed by atoms with van der Waals surface area (Å²) in [5.74, 6) is 0.751. The van der Waals surface area contributed by atoms with Gasteiger partial charge in [-0.25, -0.2) is 4.98 Å². The molecule has 2 nitrogen and oxygen atoms in total. The molecule has 0 fully saturated rings. The number of anilines is 1. The van der Waals surface area contributed by atoms with Gasteiger partial charge in [-0.2, -0.15) is 0 Å². The van der Waals surface area contributed by atoms with E-state index in [1.807, 2.05) is 24.3 Å². The van der Waals surface area contributed by atoms with Crippen molar-refractivity contribution in [2.75, 3.05) is 5.73 Å². The number of thioether (sulfide) groups is 1. The molecule has 0 aliphatic carbocycles. The molecule has 17 heavy (non-hydrogen) atoms. The molecule has 0 bridgehead atoms. The fourth-order valence-electron chi connectivity index (χ4n) is 1.29. The Balaban J connectivity index is 2.05. The Morgan fingerprint density at radius 2 is 2.00 bits per heavy atom. The van der Waals surface area contributed by atoms with Crippen molar-refractivity contribution in [1.82, 2.24) is 4.98 Å². The Morgan fingerprint density at radius 1 is 1.18 bits per heavy atom. The predicted octanol–water partition coefficient (Wildman–Crippen LogP) is 4.26. The van der Waals surface area contributed by atoms with Gasteiger partial charge >= 0.3 is 0 Å². The summed E-state index contributed by atoms with van der Waals surface area (Å²) in [6, 6.07) is 11.2. The highest BCUT2D eigenvalue weighted by molar-refractivity contribution is 7.98. The number of aromatic nitrogens is 1. The molecule has 0 aliphatic heterocycles. The third-order valence-electron chi connectivity index (χ3n) is 2.13. The maximum absolute atomic E-state index is 5.95. The van der Waals surface area contributed by atoms with Gasteiger partial charge < -0.3 is 5.73 Å².